The van der Waals surface area contributed by atoms with Crippen LogP contribution in [0.5, 0.6) is 23.0 Å². The van der Waals surface area contributed by atoms with Gasteiger partial charge in [-0.3, -0.25) is 4.90 Å². The predicted octanol–water partition coefficient (Wildman–Crippen LogP) is 7.16. The van der Waals surface area contributed by atoms with Gasteiger partial charge < -0.3 is 48.6 Å². The number of aliphatic hydroxyl groups is 2. The highest BCUT2D eigenvalue weighted by molar-refractivity contribution is 6.18. The second-order valence-electron chi connectivity index (χ2n) is 15.3. The van der Waals surface area contributed by atoms with E-state index in [2.05, 4.69) is 12.7 Å². The Labute approximate surface area is 339 Å². The maximum atomic E-state index is 14.5. The molecular weight excluding hydrogens is 756 g/mol. The first-order valence-electron chi connectivity index (χ1n) is 20.3. The second-order valence-corrected chi connectivity index (χ2v) is 15.7. The van der Waals surface area contributed by atoms with Gasteiger partial charge in [0, 0.05) is 44.1 Å². The molecule has 0 aromatic heterocycles. The minimum Gasteiger partial charge on any atom is -0.508 e. The molecular formula is C43H55ClN2O11. The Morgan fingerprint density at radius 3 is 2.61 bits per heavy atom. The van der Waals surface area contributed by atoms with Gasteiger partial charge in [0.05, 0.1) is 30.7 Å². The first-order valence-corrected chi connectivity index (χ1v) is 20.9. The monoisotopic (exact) mass is 810 g/mol. The van der Waals surface area contributed by atoms with Crippen molar-refractivity contribution < 1.29 is 53.4 Å². The minimum absolute atomic E-state index is 0.00764. The van der Waals surface area contributed by atoms with Crippen molar-refractivity contribution in [1.82, 2.24) is 4.90 Å². The zero-order chi connectivity index (χ0) is 39.8. The molecule has 310 valence electrons. The van der Waals surface area contributed by atoms with Crippen LogP contribution in [0.2, 0.25) is 0 Å². The third-order valence-corrected chi connectivity index (χ3v) is 11.9. The smallest absolute Gasteiger partial charge is 0.410 e. The summed E-state index contributed by atoms with van der Waals surface area (Å²) in [6.45, 7) is 5.02. The molecule has 2 fully saturated rings. The summed E-state index contributed by atoms with van der Waals surface area (Å²) >= 11 is 6.07. The van der Waals surface area contributed by atoms with E-state index in [9.17, 15) is 20.1 Å². The van der Waals surface area contributed by atoms with Gasteiger partial charge in [0.15, 0.2) is 11.5 Å². The topological polar surface area (TPSA) is 158 Å². The number of benzene rings is 2. The van der Waals surface area contributed by atoms with Gasteiger partial charge in [0.2, 0.25) is 18.9 Å². The molecule has 1 saturated carbocycles. The number of unbranched alkanes of at least 4 members (excludes halogenated alkanes) is 2. The Kier molecular flexibility index (Phi) is 13.8. The molecule has 2 aliphatic carbocycles. The molecule has 7 rings (SSSR count). The van der Waals surface area contributed by atoms with Crippen molar-refractivity contribution in [2.75, 3.05) is 45.7 Å². The summed E-state index contributed by atoms with van der Waals surface area (Å²) in [5.74, 6) is -0.348. The Bertz CT molecular complexity index is 1770. The number of hydrogen-bond donors (Lipinski definition) is 3. The number of phenolic OH excluding ortho intramolecular Hbond substituents is 1. The van der Waals surface area contributed by atoms with Crippen molar-refractivity contribution in [1.29, 1.82) is 0 Å². The molecule has 0 radical (unpaired) electrons. The summed E-state index contributed by atoms with van der Waals surface area (Å²) < 4.78 is 37.2. The molecule has 1 saturated heterocycles. The number of alkyl halides is 1. The van der Waals surface area contributed by atoms with Crippen LogP contribution in [0, 0.1) is 17.8 Å². The molecule has 2 aromatic carbocycles. The molecule has 14 heteroatoms. The normalized spacial score (nSPS) is 27.8. The fourth-order valence-electron chi connectivity index (χ4n) is 9.32. The number of hydrogen-bond acceptors (Lipinski definition) is 12. The Hall–Kier alpha value is -4.01. The maximum Gasteiger partial charge on any atom is 0.410 e. The number of aromatic hydroxyl groups is 1. The molecule has 13 nitrogen and oxygen atoms in total. The summed E-state index contributed by atoms with van der Waals surface area (Å²) in [6, 6.07) is 9.86. The Balaban J connectivity index is 1.43. The van der Waals surface area contributed by atoms with Gasteiger partial charge in [-0.15, -0.1) is 18.2 Å². The predicted molar refractivity (Wildman–Crippen MR) is 211 cm³/mol. The van der Waals surface area contributed by atoms with Crippen LogP contribution in [-0.4, -0.2) is 95.9 Å². The molecule has 3 N–H and O–H groups in total. The van der Waals surface area contributed by atoms with Crippen molar-refractivity contribution in [3.05, 3.63) is 71.8 Å². The van der Waals surface area contributed by atoms with E-state index in [4.69, 9.17) is 50.0 Å². The van der Waals surface area contributed by atoms with Gasteiger partial charge in [-0.25, -0.2) is 4.79 Å². The fraction of sp³-hybridized carbons (Fsp3) is 0.581. The molecule has 0 spiro atoms. The molecule has 0 bridgehead atoms. The standard InChI is InChI=1S/C43H55ClN2O11/c1-2-19-55-43-38(46(42(50)52-21-16-44)26-28-12-14-36-37(22-28)54-27-53-36)25-34(45-57-39-11-5-8-20-51-39)32-23-29(9-3-6-17-47)31(10-4-7-18-48)40(41(32)43)33-24-30(49)13-15-35(33)56-43/h2,12-15,22-24,29,31,38-41,47-49H,1,3-11,16-21,25-27H2. The lowest BCUT2D eigenvalue weighted by Crippen LogP contribution is -2.70. The van der Waals surface area contributed by atoms with Gasteiger partial charge in [0.1, 0.15) is 24.1 Å². The molecule has 1 amide bonds. The number of nitrogens with zero attached hydrogens (tertiary/aromatic N) is 2. The molecule has 2 aromatic rings. The van der Waals surface area contributed by atoms with Crippen LogP contribution in [0.3, 0.4) is 0 Å². The number of amides is 1. The number of oxime groups is 1. The largest absolute Gasteiger partial charge is 0.508 e. The van der Waals surface area contributed by atoms with E-state index in [0.29, 0.717) is 48.8 Å². The highest BCUT2D eigenvalue weighted by atomic mass is 35.5. The van der Waals surface area contributed by atoms with Crippen LogP contribution in [0.1, 0.15) is 81.3 Å². The van der Waals surface area contributed by atoms with Crippen LogP contribution in [0.15, 0.2) is 65.9 Å². The highest BCUT2D eigenvalue weighted by Gasteiger charge is 2.65. The zero-order valence-electron chi connectivity index (χ0n) is 32.4. The Morgan fingerprint density at radius 1 is 1.04 bits per heavy atom. The van der Waals surface area contributed by atoms with Gasteiger partial charge in [-0.1, -0.05) is 36.2 Å². The summed E-state index contributed by atoms with van der Waals surface area (Å²) in [6.07, 6.45) is 10.0. The first kappa shape index (κ1) is 41.2. The Morgan fingerprint density at radius 2 is 1.84 bits per heavy atom. The second kappa shape index (κ2) is 19.2. The van der Waals surface area contributed by atoms with Crippen LogP contribution < -0.4 is 14.2 Å². The summed E-state index contributed by atoms with van der Waals surface area (Å²) in [7, 11) is 0. The van der Waals surface area contributed by atoms with E-state index >= 15 is 0 Å². The summed E-state index contributed by atoms with van der Waals surface area (Å²) in [4.78, 5) is 22.3. The first-order chi connectivity index (χ1) is 27.9. The number of allylic oxidation sites excluding steroid dienone is 1. The van der Waals surface area contributed by atoms with E-state index in [1.807, 2.05) is 18.2 Å². The lowest BCUT2D eigenvalue weighted by Gasteiger charge is -2.59. The van der Waals surface area contributed by atoms with Gasteiger partial charge in [-0.05, 0) is 91.8 Å². The van der Waals surface area contributed by atoms with Crippen molar-refractivity contribution in [2.45, 2.75) is 94.8 Å². The van der Waals surface area contributed by atoms with E-state index in [0.717, 1.165) is 55.2 Å². The van der Waals surface area contributed by atoms with Gasteiger partial charge in [0.25, 0.3) is 0 Å². The molecule has 3 aliphatic heterocycles. The number of rotatable bonds is 18. The van der Waals surface area contributed by atoms with E-state index in [1.54, 1.807) is 29.2 Å². The number of ether oxygens (including phenoxy) is 6. The van der Waals surface area contributed by atoms with Crippen LogP contribution >= 0.6 is 11.6 Å². The van der Waals surface area contributed by atoms with Gasteiger partial charge in [-0.2, -0.15) is 0 Å². The fourth-order valence-corrected chi connectivity index (χ4v) is 9.40. The van der Waals surface area contributed by atoms with Gasteiger partial charge >= 0.3 is 6.09 Å². The lowest BCUT2D eigenvalue weighted by molar-refractivity contribution is -0.256. The number of carbonyl (C=O) groups is 1. The number of carbonyl (C=O) groups excluding carboxylic acids is 1. The molecule has 57 heavy (non-hydrogen) atoms. The van der Waals surface area contributed by atoms with E-state index in [-0.39, 0.29) is 75.6 Å². The van der Waals surface area contributed by atoms with Crippen molar-refractivity contribution >= 4 is 23.4 Å². The summed E-state index contributed by atoms with van der Waals surface area (Å²) in [5, 5.41) is 35.5. The SMILES string of the molecule is C=CCOC12Oc3ccc(O)cc3C3C(CCCCO)C(CCCCO)C=C(C(=NOC4CCCCO4)CC1N(Cc1ccc4c(c1)OCO4)C(=O)OCCCl)C32. The quantitative estimate of drug-likeness (QED) is 0.0608. The molecule has 7 unspecified atom stereocenters. The number of phenols is 1. The molecule has 5 aliphatic rings. The highest BCUT2D eigenvalue weighted by Crippen LogP contribution is 2.62. The summed E-state index contributed by atoms with van der Waals surface area (Å²) in [5.41, 5.74) is 3.11. The molecule has 3 heterocycles. The molecule has 7 atom stereocenters. The zero-order valence-corrected chi connectivity index (χ0v) is 33.2. The lowest BCUT2D eigenvalue weighted by atomic mass is 9.55. The van der Waals surface area contributed by atoms with Crippen LogP contribution in [0.4, 0.5) is 4.79 Å². The number of aliphatic hydroxyl groups excluding tert-OH is 2. The third-order valence-electron chi connectivity index (χ3n) is 11.8. The van der Waals surface area contributed by atoms with Crippen molar-refractivity contribution in [3.8, 4) is 23.0 Å². The number of fused-ring (bicyclic) bond motifs is 3. The average Bonchev–Trinajstić information content (AvgIpc) is 3.70. The van der Waals surface area contributed by atoms with Crippen molar-refractivity contribution in [2.24, 2.45) is 22.9 Å². The van der Waals surface area contributed by atoms with E-state index in [1.165, 1.54) is 0 Å². The maximum absolute atomic E-state index is 14.5. The van der Waals surface area contributed by atoms with E-state index < -0.39 is 30.1 Å². The van der Waals surface area contributed by atoms with Crippen LogP contribution in [0.25, 0.3) is 0 Å². The minimum atomic E-state index is -1.50. The number of halogens is 1. The average molecular weight is 811 g/mol. The van der Waals surface area contributed by atoms with Crippen molar-refractivity contribution in [3.63, 3.8) is 0 Å². The third kappa shape index (κ3) is 8.88. The van der Waals surface area contributed by atoms with Crippen LogP contribution in [-0.2, 0) is 25.6 Å².